The second-order valence-corrected chi connectivity index (χ2v) is 9.58. The van der Waals surface area contributed by atoms with Crippen molar-refractivity contribution in [2.24, 2.45) is 11.1 Å². The fourth-order valence-electron chi connectivity index (χ4n) is 5.13. The van der Waals surface area contributed by atoms with Crippen LogP contribution >= 0.6 is 0 Å². The van der Waals surface area contributed by atoms with Gasteiger partial charge >= 0.3 is 0 Å². The van der Waals surface area contributed by atoms with Gasteiger partial charge < -0.3 is 14.4 Å². The van der Waals surface area contributed by atoms with Crippen LogP contribution in [0.2, 0.25) is 0 Å². The number of hydrogen-bond donors (Lipinski definition) is 2. The number of hydrogen-bond acceptors (Lipinski definition) is 6. The first-order chi connectivity index (χ1) is 15.9. The third-order valence-electron chi connectivity index (χ3n) is 6.72. The summed E-state index contributed by atoms with van der Waals surface area (Å²) in [6.45, 7) is 6.65. The summed E-state index contributed by atoms with van der Waals surface area (Å²) < 4.78 is 17.6. The van der Waals surface area contributed by atoms with E-state index in [0.717, 1.165) is 62.0 Å². The molecule has 2 aliphatic heterocycles. The summed E-state index contributed by atoms with van der Waals surface area (Å²) >= 11 is -2.36. The Hall–Kier alpha value is -2.40. The van der Waals surface area contributed by atoms with Crippen LogP contribution in [0.15, 0.2) is 30.7 Å². The highest BCUT2D eigenvalue weighted by Crippen LogP contribution is 2.35. The van der Waals surface area contributed by atoms with Crippen LogP contribution in [0.3, 0.4) is 0 Å². The Kier molecular flexibility index (Phi) is 7.69. The molecule has 2 atom stereocenters. The Morgan fingerprint density at radius 1 is 1.24 bits per heavy atom. The second kappa shape index (κ2) is 10.7. The molecule has 0 aliphatic carbocycles. The van der Waals surface area contributed by atoms with Gasteiger partial charge in [-0.15, -0.1) is 0 Å². The molecule has 2 saturated heterocycles. The van der Waals surface area contributed by atoms with Crippen molar-refractivity contribution in [3.63, 3.8) is 0 Å². The molecule has 1 amide bonds. The number of piperidine rings is 2. The Labute approximate surface area is 196 Å². The highest BCUT2D eigenvalue weighted by molar-refractivity contribution is 7.76. The smallest absolute Gasteiger partial charge is 0.236 e. The van der Waals surface area contributed by atoms with Crippen LogP contribution in [0.1, 0.15) is 44.1 Å². The van der Waals surface area contributed by atoms with Crippen LogP contribution < -0.4 is 5.14 Å². The van der Waals surface area contributed by atoms with Crippen molar-refractivity contribution in [3.05, 3.63) is 36.3 Å². The maximum Gasteiger partial charge on any atom is 0.236 e. The molecule has 3 N–H and O–H groups in total. The molecule has 3 aromatic heterocycles. The summed E-state index contributed by atoms with van der Waals surface area (Å²) in [6.07, 6.45) is 10.3. The molecule has 2 unspecified atom stereocenters. The first-order valence-corrected chi connectivity index (χ1v) is 12.6. The quantitative estimate of drug-likeness (QED) is 0.564. The number of amides is 1. The molecule has 33 heavy (non-hydrogen) atoms. The van der Waals surface area contributed by atoms with Gasteiger partial charge in [0.2, 0.25) is 5.91 Å². The Balaban J connectivity index is 0.000000601. The number of pyridine rings is 2. The lowest BCUT2D eigenvalue weighted by Gasteiger charge is -2.35. The summed E-state index contributed by atoms with van der Waals surface area (Å²) in [6, 6.07) is 4.28. The molecule has 0 aromatic carbocycles. The number of nitrogens with zero attached hydrogens (tertiary/aromatic N) is 4. The molecule has 2 fully saturated rings. The van der Waals surface area contributed by atoms with Crippen LogP contribution in [0.4, 0.5) is 0 Å². The number of fused-ring (bicyclic) bond motifs is 3. The Morgan fingerprint density at radius 3 is 2.73 bits per heavy atom. The van der Waals surface area contributed by atoms with Crippen molar-refractivity contribution in [2.75, 3.05) is 32.7 Å². The number of carbonyl (C=O) groups excluding carboxylic acids is 1. The van der Waals surface area contributed by atoms with Crippen molar-refractivity contribution in [2.45, 2.75) is 38.5 Å². The van der Waals surface area contributed by atoms with Crippen LogP contribution in [0, 0.1) is 5.92 Å². The minimum absolute atomic E-state index is 0.311. The monoisotopic (exact) mass is 471 g/mol. The molecular weight excluding hydrogens is 440 g/mol. The number of H-pyrrole nitrogens is 1. The summed E-state index contributed by atoms with van der Waals surface area (Å²) in [5.41, 5.74) is 3.27. The number of nitrogens with one attached hydrogen (secondary N) is 1. The molecule has 9 nitrogen and oxygen atoms in total. The third kappa shape index (κ3) is 5.75. The number of likely N-dealkylation sites (tertiary alicyclic amines) is 2. The lowest BCUT2D eigenvalue weighted by molar-refractivity contribution is -0.134. The van der Waals surface area contributed by atoms with Crippen molar-refractivity contribution >= 4 is 39.1 Å². The third-order valence-corrected chi connectivity index (χ3v) is 6.72. The summed E-state index contributed by atoms with van der Waals surface area (Å²) in [5, 5.41) is 6.41. The lowest BCUT2D eigenvalue weighted by atomic mass is 9.87. The number of aromatic amines is 1. The second-order valence-electron chi connectivity index (χ2n) is 9.06. The van der Waals surface area contributed by atoms with Gasteiger partial charge in [0, 0.05) is 47.5 Å². The molecule has 5 rings (SSSR count). The molecule has 2 aliphatic rings. The van der Waals surface area contributed by atoms with E-state index in [-0.39, 0.29) is 0 Å². The maximum atomic E-state index is 12.7. The maximum absolute atomic E-state index is 12.7. The zero-order valence-electron chi connectivity index (χ0n) is 18.9. The van der Waals surface area contributed by atoms with Crippen LogP contribution in [0.25, 0.3) is 21.9 Å². The van der Waals surface area contributed by atoms with Crippen molar-refractivity contribution in [1.29, 1.82) is 0 Å². The summed E-state index contributed by atoms with van der Waals surface area (Å²) in [5.74, 6) is 1.46. The number of rotatable bonds is 3. The minimum atomic E-state index is -2.36. The van der Waals surface area contributed by atoms with Crippen LogP contribution in [-0.4, -0.2) is 72.1 Å². The van der Waals surface area contributed by atoms with Gasteiger partial charge in [-0.3, -0.25) is 19.0 Å². The van der Waals surface area contributed by atoms with E-state index in [1.165, 1.54) is 17.4 Å². The highest BCUT2D eigenvalue weighted by atomic mass is 32.2. The Morgan fingerprint density at radius 2 is 2.00 bits per heavy atom. The predicted octanol–water partition coefficient (Wildman–Crippen LogP) is 2.29. The van der Waals surface area contributed by atoms with Gasteiger partial charge in [0.05, 0.1) is 18.3 Å². The average Bonchev–Trinajstić information content (AvgIpc) is 3.28. The van der Waals surface area contributed by atoms with E-state index in [9.17, 15) is 4.79 Å². The molecule has 3 aromatic rings. The molecule has 0 radical (unpaired) electrons. The lowest BCUT2D eigenvalue weighted by Crippen LogP contribution is -2.46. The predicted molar refractivity (Wildman–Crippen MR) is 128 cm³/mol. The molecule has 5 heterocycles. The van der Waals surface area contributed by atoms with E-state index in [4.69, 9.17) is 8.76 Å². The fraction of sp³-hybridized carbons (Fsp3) is 0.522. The normalized spacial score (nSPS) is 21.1. The molecule has 178 valence electrons. The van der Waals surface area contributed by atoms with E-state index >= 15 is 0 Å². The van der Waals surface area contributed by atoms with E-state index in [1.807, 2.05) is 18.6 Å². The van der Waals surface area contributed by atoms with E-state index in [2.05, 4.69) is 48.9 Å². The van der Waals surface area contributed by atoms with Crippen LogP contribution in [0.5, 0.6) is 0 Å². The van der Waals surface area contributed by atoms with Gasteiger partial charge in [0.1, 0.15) is 0 Å². The largest absolute Gasteiger partial charge is 0.760 e. The van der Waals surface area contributed by atoms with Gasteiger partial charge in [-0.2, -0.15) is 0 Å². The van der Waals surface area contributed by atoms with Crippen molar-refractivity contribution in [3.8, 4) is 0 Å². The number of nitrogens with two attached hydrogens (primary N) is 1. The van der Waals surface area contributed by atoms with Crippen molar-refractivity contribution < 1.29 is 13.6 Å². The molecule has 0 saturated carbocycles. The first-order valence-electron chi connectivity index (χ1n) is 11.5. The fourth-order valence-corrected chi connectivity index (χ4v) is 5.13. The zero-order valence-corrected chi connectivity index (χ0v) is 19.7. The highest BCUT2D eigenvalue weighted by Gasteiger charge is 2.27. The standard InChI is InChI=1S/C23H29N5O.H3NO2S/c1-16-3-2-10-28(14-16)21(29)15-27-11-6-17(7-12-27)18-4-8-24-20-13-26-23-19(22(18)20)5-9-25-23;1-4(2)3/h4-5,8-9,13,16-17,24H,2-3,6-7,10-12,14-15H2,1H3;1H2,(H,2,3)/p-1. The topological polar surface area (TPSA) is 131 Å². The van der Waals surface area contributed by atoms with Gasteiger partial charge in [0.15, 0.2) is 5.65 Å². The summed E-state index contributed by atoms with van der Waals surface area (Å²) in [4.78, 5) is 29.3. The van der Waals surface area contributed by atoms with Gasteiger partial charge in [-0.05, 0) is 68.3 Å². The zero-order chi connectivity index (χ0) is 23.4. The Bertz CT molecular complexity index is 1120. The van der Waals surface area contributed by atoms with Crippen molar-refractivity contribution in [1.82, 2.24) is 24.8 Å². The number of carbonyl (C=O) groups is 1. The SMILES string of the molecule is CC1CCCN(C(=O)CN2CCC(c3cc[nH]c4cnc5nccc5c34)CC2)C1.NS(=O)[O-]. The average molecular weight is 472 g/mol. The number of aromatic nitrogens is 3. The summed E-state index contributed by atoms with van der Waals surface area (Å²) in [7, 11) is 0. The van der Waals surface area contributed by atoms with E-state index < -0.39 is 11.3 Å². The molecule has 0 spiro atoms. The van der Waals surface area contributed by atoms with Gasteiger partial charge in [-0.1, -0.05) is 6.92 Å². The van der Waals surface area contributed by atoms with Gasteiger partial charge in [-0.25, -0.2) is 9.97 Å². The van der Waals surface area contributed by atoms with E-state index in [0.29, 0.717) is 24.3 Å². The van der Waals surface area contributed by atoms with Gasteiger partial charge in [0.25, 0.3) is 0 Å². The minimum Gasteiger partial charge on any atom is -0.760 e. The molecule has 10 heteroatoms. The first kappa shape index (κ1) is 23.7. The molecule has 0 bridgehead atoms. The molecular formula is C23H31N6O3S-. The van der Waals surface area contributed by atoms with Crippen LogP contribution in [-0.2, 0) is 16.1 Å². The van der Waals surface area contributed by atoms with E-state index in [1.54, 1.807) is 0 Å².